The molecule has 0 amide bonds. The third-order valence-corrected chi connectivity index (χ3v) is 4.09. The van der Waals surface area contributed by atoms with Gasteiger partial charge in [0.05, 0.1) is 0 Å². The van der Waals surface area contributed by atoms with E-state index in [1.165, 1.54) is 12.4 Å². The van der Waals surface area contributed by atoms with Gasteiger partial charge in [0.2, 0.25) is 0 Å². The molecule has 8 heteroatoms. The van der Waals surface area contributed by atoms with E-state index >= 15 is 0 Å². The second-order valence-electron chi connectivity index (χ2n) is 4.27. The first-order valence-corrected chi connectivity index (χ1v) is 7.66. The predicted molar refractivity (Wildman–Crippen MR) is 75.6 cm³/mol. The number of hydrogen-bond donors (Lipinski definition) is 2. The number of aromatic nitrogens is 3. The van der Waals surface area contributed by atoms with Crippen LogP contribution in [0.25, 0.3) is 0 Å². The smallest absolute Gasteiger partial charge is 0.282 e. The van der Waals surface area contributed by atoms with Crippen LogP contribution in [0.15, 0.2) is 29.6 Å². The van der Waals surface area contributed by atoms with E-state index in [4.69, 9.17) is 5.73 Å². The van der Waals surface area contributed by atoms with Crippen molar-refractivity contribution in [3.05, 3.63) is 35.9 Å². The first-order chi connectivity index (χ1) is 9.46. The Bertz CT molecular complexity index is 691. The summed E-state index contributed by atoms with van der Waals surface area (Å²) >= 11 is 0. The van der Waals surface area contributed by atoms with Crippen molar-refractivity contribution in [2.45, 2.75) is 32.0 Å². The highest BCUT2D eigenvalue weighted by Gasteiger charge is 2.19. The van der Waals surface area contributed by atoms with Crippen molar-refractivity contribution in [2.24, 2.45) is 5.73 Å². The summed E-state index contributed by atoms with van der Waals surface area (Å²) in [5.41, 5.74) is 6.29. The summed E-state index contributed by atoms with van der Waals surface area (Å²) in [6.45, 7) is 4.71. The molecule has 0 atom stereocenters. The number of nitrogens with two attached hydrogens (primary N) is 1. The van der Waals surface area contributed by atoms with Crippen LogP contribution in [0.2, 0.25) is 0 Å². The quantitative estimate of drug-likeness (QED) is 0.851. The summed E-state index contributed by atoms with van der Waals surface area (Å²) in [5, 5.41) is -0.0125. The summed E-state index contributed by atoms with van der Waals surface area (Å²) < 4.78 is 28.5. The van der Waals surface area contributed by atoms with E-state index in [0.717, 1.165) is 5.56 Å². The summed E-state index contributed by atoms with van der Waals surface area (Å²) in [6, 6.07) is 3.30. The Morgan fingerprint density at radius 2 is 2.15 bits per heavy atom. The molecule has 0 spiro atoms. The van der Waals surface area contributed by atoms with Crippen LogP contribution in [-0.4, -0.2) is 23.0 Å². The van der Waals surface area contributed by atoms with Crippen LogP contribution in [-0.2, 0) is 23.1 Å². The van der Waals surface area contributed by atoms with Crippen LogP contribution in [0, 0.1) is 6.92 Å². The van der Waals surface area contributed by atoms with E-state index in [9.17, 15) is 8.42 Å². The van der Waals surface area contributed by atoms with E-state index in [-0.39, 0.29) is 10.8 Å². The van der Waals surface area contributed by atoms with E-state index in [0.29, 0.717) is 18.9 Å². The van der Waals surface area contributed by atoms with Crippen LogP contribution in [0.4, 0.5) is 5.82 Å². The van der Waals surface area contributed by atoms with E-state index in [1.807, 2.05) is 6.92 Å². The number of imidazole rings is 1. The largest absolute Gasteiger partial charge is 0.334 e. The monoisotopic (exact) mass is 295 g/mol. The lowest BCUT2D eigenvalue weighted by molar-refractivity contribution is 0.597. The molecular formula is C12H17N5O2S. The average Bonchev–Trinajstić information content (AvgIpc) is 2.81. The SMILES string of the molecule is CCn1cc(S(=O)(=O)Nc2ccc(CN)cn2)nc1C. The Morgan fingerprint density at radius 1 is 1.40 bits per heavy atom. The van der Waals surface area contributed by atoms with Crippen molar-refractivity contribution >= 4 is 15.8 Å². The second-order valence-corrected chi connectivity index (χ2v) is 5.90. The van der Waals surface area contributed by atoms with Gasteiger partial charge in [-0.2, -0.15) is 8.42 Å². The standard InChI is InChI=1S/C12H17N5O2S/c1-3-17-8-12(15-9(17)2)20(18,19)16-11-5-4-10(6-13)7-14-11/h4-5,7-8H,3,6,13H2,1-2H3,(H,14,16). The first kappa shape index (κ1) is 14.5. The zero-order valence-electron chi connectivity index (χ0n) is 11.4. The van der Waals surface area contributed by atoms with Gasteiger partial charge in [0.15, 0.2) is 5.03 Å². The molecule has 20 heavy (non-hydrogen) atoms. The fraction of sp³-hybridized carbons (Fsp3) is 0.333. The molecule has 3 N–H and O–H groups in total. The molecule has 108 valence electrons. The molecule has 2 aromatic rings. The Hall–Kier alpha value is -1.93. The highest BCUT2D eigenvalue weighted by molar-refractivity contribution is 7.92. The van der Waals surface area contributed by atoms with Gasteiger partial charge in [-0.1, -0.05) is 6.07 Å². The molecule has 0 radical (unpaired) electrons. The summed E-state index contributed by atoms with van der Waals surface area (Å²) in [7, 11) is -3.72. The molecule has 0 fully saturated rings. The Balaban J connectivity index is 2.25. The number of sulfonamides is 1. The summed E-state index contributed by atoms with van der Waals surface area (Å²) in [5.74, 6) is 0.894. The fourth-order valence-electron chi connectivity index (χ4n) is 1.72. The lowest BCUT2D eigenvalue weighted by atomic mass is 10.3. The maximum Gasteiger partial charge on any atom is 0.282 e. The fourth-order valence-corrected chi connectivity index (χ4v) is 2.74. The third-order valence-electron chi connectivity index (χ3n) is 2.87. The van der Waals surface area contributed by atoms with Crippen molar-refractivity contribution < 1.29 is 8.42 Å². The molecule has 7 nitrogen and oxygen atoms in total. The number of aryl methyl sites for hydroxylation is 2. The highest BCUT2D eigenvalue weighted by Crippen LogP contribution is 2.14. The van der Waals surface area contributed by atoms with Crippen molar-refractivity contribution in [1.82, 2.24) is 14.5 Å². The Labute approximate surface area is 117 Å². The molecule has 0 aromatic carbocycles. The molecule has 0 aliphatic heterocycles. The van der Waals surface area contributed by atoms with Crippen molar-refractivity contribution in [3.8, 4) is 0 Å². The number of rotatable bonds is 5. The molecular weight excluding hydrogens is 278 g/mol. The van der Waals surface area contributed by atoms with Crippen LogP contribution in [0.3, 0.4) is 0 Å². The number of pyridine rings is 1. The summed E-state index contributed by atoms with van der Waals surface area (Å²) in [6.07, 6.45) is 3.04. The number of anilines is 1. The van der Waals surface area contributed by atoms with Crippen LogP contribution >= 0.6 is 0 Å². The van der Waals surface area contributed by atoms with E-state index < -0.39 is 10.0 Å². The zero-order chi connectivity index (χ0) is 14.8. The van der Waals surface area contributed by atoms with Gasteiger partial charge in [-0.15, -0.1) is 0 Å². The van der Waals surface area contributed by atoms with Gasteiger partial charge in [-0.05, 0) is 25.5 Å². The Morgan fingerprint density at radius 3 is 2.65 bits per heavy atom. The van der Waals surface area contributed by atoms with Gasteiger partial charge in [-0.25, -0.2) is 9.97 Å². The van der Waals surface area contributed by atoms with Gasteiger partial charge in [0.1, 0.15) is 11.6 Å². The van der Waals surface area contributed by atoms with Crippen molar-refractivity contribution in [2.75, 3.05) is 4.72 Å². The topological polar surface area (TPSA) is 103 Å². The second kappa shape index (κ2) is 5.59. The van der Waals surface area contributed by atoms with Crippen LogP contribution < -0.4 is 10.5 Å². The van der Waals surface area contributed by atoms with Gasteiger partial charge >= 0.3 is 0 Å². The van der Waals surface area contributed by atoms with Crippen LogP contribution in [0.5, 0.6) is 0 Å². The number of nitrogens with one attached hydrogen (secondary N) is 1. The minimum atomic E-state index is -3.72. The molecule has 0 saturated heterocycles. The molecule has 0 aliphatic carbocycles. The van der Waals surface area contributed by atoms with Crippen molar-refractivity contribution in [3.63, 3.8) is 0 Å². The molecule has 2 heterocycles. The Kier molecular flexibility index (Phi) is 4.05. The predicted octanol–water partition coefficient (Wildman–Crippen LogP) is 0.866. The summed E-state index contributed by atoms with van der Waals surface area (Å²) in [4.78, 5) is 8.05. The van der Waals surface area contributed by atoms with Gasteiger partial charge in [-0.3, -0.25) is 4.72 Å². The molecule has 2 rings (SSSR count). The van der Waals surface area contributed by atoms with Gasteiger partial charge in [0, 0.05) is 25.5 Å². The zero-order valence-corrected chi connectivity index (χ0v) is 12.2. The maximum absolute atomic E-state index is 12.2. The molecule has 0 aliphatic rings. The normalized spacial score (nSPS) is 11.6. The third kappa shape index (κ3) is 2.97. The molecule has 2 aromatic heterocycles. The minimum absolute atomic E-state index is 0.0125. The molecule has 0 unspecified atom stereocenters. The van der Waals surface area contributed by atoms with Crippen LogP contribution in [0.1, 0.15) is 18.3 Å². The first-order valence-electron chi connectivity index (χ1n) is 6.18. The minimum Gasteiger partial charge on any atom is -0.334 e. The van der Waals surface area contributed by atoms with Gasteiger partial charge < -0.3 is 10.3 Å². The molecule has 0 saturated carbocycles. The molecule has 0 bridgehead atoms. The van der Waals surface area contributed by atoms with Gasteiger partial charge in [0.25, 0.3) is 10.0 Å². The van der Waals surface area contributed by atoms with Crippen molar-refractivity contribution in [1.29, 1.82) is 0 Å². The number of nitrogens with zero attached hydrogens (tertiary/aromatic N) is 3. The lowest BCUT2D eigenvalue weighted by Crippen LogP contribution is -2.14. The van der Waals surface area contributed by atoms with E-state index in [2.05, 4.69) is 14.7 Å². The maximum atomic E-state index is 12.2. The number of hydrogen-bond acceptors (Lipinski definition) is 5. The lowest BCUT2D eigenvalue weighted by Gasteiger charge is -2.05. The average molecular weight is 295 g/mol. The van der Waals surface area contributed by atoms with E-state index in [1.54, 1.807) is 23.6 Å². The highest BCUT2D eigenvalue weighted by atomic mass is 32.2.